The Kier molecular flexibility index (Phi) is 7.78. The number of fused-ring (bicyclic) bond motifs is 1. The minimum absolute atomic E-state index is 0.0600. The fourth-order valence-corrected chi connectivity index (χ4v) is 2.92. The molecule has 1 aliphatic rings. The summed E-state index contributed by atoms with van der Waals surface area (Å²) < 4.78 is 16.7. The zero-order valence-electron chi connectivity index (χ0n) is 16.7. The third-order valence-corrected chi connectivity index (χ3v) is 4.41. The number of non-ortho nitro benzene ring substituents is 1. The van der Waals surface area contributed by atoms with Crippen molar-refractivity contribution in [3.8, 4) is 5.75 Å². The molecular formula is C20H26N2O7. The lowest BCUT2D eigenvalue weighted by Gasteiger charge is -2.42. The van der Waals surface area contributed by atoms with Gasteiger partial charge in [0.1, 0.15) is 42.0 Å². The number of nitro groups is 1. The second-order valence-corrected chi connectivity index (χ2v) is 7.08. The second kappa shape index (κ2) is 10.1. The highest BCUT2D eigenvalue weighted by molar-refractivity contribution is 5.48. The van der Waals surface area contributed by atoms with Gasteiger partial charge in [-0.2, -0.15) is 0 Å². The number of nitrogens with zero attached hydrogens (tertiary/aromatic N) is 1. The zero-order chi connectivity index (χ0) is 21.4. The Morgan fingerprint density at radius 1 is 1.48 bits per heavy atom. The molecule has 0 radical (unpaired) electrons. The van der Waals surface area contributed by atoms with Crippen molar-refractivity contribution in [3.63, 3.8) is 0 Å². The van der Waals surface area contributed by atoms with Gasteiger partial charge in [0.05, 0.1) is 24.1 Å². The average Bonchev–Trinajstić information content (AvgIpc) is 2.68. The van der Waals surface area contributed by atoms with Crippen LogP contribution in [-0.2, 0) is 14.3 Å². The van der Waals surface area contributed by atoms with E-state index in [-0.39, 0.29) is 18.8 Å². The van der Waals surface area contributed by atoms with Gasteiger partial charge in [0.15, 0.2) is 0 Å². The molecule has 2 rings (SSSR count). The van der Waals surface area contributed by atoms with Crippen molar-refractivity contribution in [2.45, 2.75) is 44.9 Å². The van der Waals surface area contributed by atoms with Gasteiger partial charge in [-0.3, -0.25) is 10.1 Å². The molecule has 9 heteroatoms. The molecule has 2 atom stereocenters. The van der Waals surface area contributed by atoms with Crippen molar-refractivity contribution < 1.29 is 29.0 Å². The summed E-state index contributed by atoms with van der Waals surface area (Å²) in [6.45, 7) is 6.17. The standard InChI is InChI=1S/C20H26N2O7/c1-4-9-28-15(13-27-10-5-8-23)12-21-18-16-11-14(22(25)26)6-7-17(16)29-20(2,3)19(18)24/h5-7,11,13,18-19,21,24H,4,9-10,12H2,1-3H3/t18-,19+/m0/s1. The fourth-order valence-electron chi connectivity index (χ4n) is 2.92. The van der Waals surface area contributed by atoms with E-state index >= 15 is 0 Å². The zero-order valence-corrected chi connectivity index (χ0v) is 16.7. The van der Waals surface area contributed by atoms with E-state index in [4.69, 9.17) is 14.2 Å². The average molecular weight is 406 g/mol. The summed E-state index contributed by atoms with van der Waals surface area (Å²) in [6, 6.07) is 3.67. The molecule has 158 valence electrons. The number of nitro benzene ring substituents is 1. The van der Waals surface area contributed by atoms with E-state index in [0.717, 1.165) is 6.42 Å². The third kappa shape index (κ3) is 5.80. The van der Waals surface area contributed by atoms with Crippen LogP contribution in [0, 0.1) is 10.1 Å². The van der Waals surface area contributed by atoms with Crippen LogP contribution in [-0.4, -0.2) is 47.4 Å². The van der Waals surface area contributed by atoms with Crippen molar-refractivity contribution in [1.29, 1.82) is 0 Å². The molecule has 0 saturated carbocycles. The Hall–Kier alpha value is -2.87. The van der Waals surface area contributed by atoms with Crippen molar-refractivity contribution in [2.75, 3.05) is 19.8 Å². The maximum atomic E-state index is 11.2. The molecule has 29 heavy (non-hydrogen) atoms. The number of carbonyl (C=O) groups excluding carboxylic acids is 1. The van der Waals surface area contributed by atoms with Gasteiger partial charge in [0, 0.05) is 23.8 Å². The van der Waals surface area contributed by atoms with Crippen molar-refractivity contribution in [1.82, 2.24) is 5.32 Å². The summed E-state index contributed by atoms with van der Waals surface area (Å²) in [7, 11) is 0. The van der Waals surface area contributed by atoms with Crippen LogP contribution in [0.25, 0.3) is 0 Å². The topological polar surface area (TPSA) is 120 Å². The van der Waals surface area contributed by atoms with Crippen LogP contribution in [0.5, 0.6) is 5.75 Å². The smallest absolute Gasteiger partial charge is 0.270 e. The molecule has 1 heterocycles. The first-order valence-corrected chi connectivity index (χ1v) is 9.31. The second-order valence-electron chi connectivity index (χ2n) is 7.08. The summed E-state index contributed by atoms with van der Waals surface area (Å²) in [4.78, 5) is 20.9. The maximum absolute atomic E-state index is 11.2. The lowest BCUT2D eigenvalue weighted by atomic mass is 9.86. The van der Waals surface area contributed by atoms with Crippen molar-refractivity contribution in [3.05, 3.63) is 52.0 Å². The minimum atomic E-state index is -0.969. The van der Waals surface area contributed by atoms with Gasteiger partial charge in [-0.1, -0.05) is 6.92 Å². The van der Waals surface area contributed by atoms with Crippen molar-refractivity contribution >= 4 is 11.6 Å². The predicted octanol–water partition coefficient (Wildman–Crippen LogP) is 2.43. The number of hydrogen-bond donors (Lipinski definition) is 2. The Bertz CT molecular complexity index is 800. The molecule has 0 amide bonds. The predicted molar refractivity (Wildman–Crippen MR) is 105 cm³/mol. The number of aliphatic hydroxyl groups excluding tert-OH is 1. The molecule has 9 nitrogen and oxygen atoms in total. The van der Waals surface area contributed by atoms with Crippen LogP contribution >= 0.6 is 0 Å². The van der Waals surface area contributed by atoms with Crippen LogP contribution in [0.3, 0.4) is 0 Å². The lowest BCUT2D eigenvalue weighted by molar-refractivity contribution is -0.385. The number of rotatable bonds is 10. The SMILES string of the molecule is CCCOC(=COCC=C=O)CN[C@H]1c2cc([N+](=O)[O-])ccc2OC(C)(C)[C@@H]1O. The normalized spacial score (nSPS) is 20.1. The number of ether oxygens (including phenoxy) is 3. The van der Waals surface area contributed by atoms with E-state index in [9.17, 15) is 20.0 Å². The Morgan fingerprint density at radius 2 is 2.24 bits per heavy atom. The first-order valence-electron chi connectivity index (χ1n) is 9.31. The van der Waals surface area contributed by atoms with E-state index in [1.807, 2.05) is 6.92 Å². The van der Waals surface area contributed by atoms with E-state index in [0.29, 0.717) is 23.7 Å². The first-order chi connectivity index (χ1) is 13.8. The molecule has 0 fully saturated rings. The Balaban J connectivity index is 2.25. The molecule has 0 saturated heterocycles. The molecule has 0 aliphatic carbocycles. The monoisotopic (exact) mass is 406 g/mol. The van der Waals surface area contributed by atoms with Crippen LogP contribution < -0.4 is 10.1 Å². The number of benzene rings is 1. The van der Waals surface area contributed by atoms with Gasteiger partial charge in [0.2, 0.25) is 0 Å². The highest BCUT2D eigenvalue weighted by Gasteiger charge is 2.43. The molecule has 0 aromatic heterocycles. The fraction of sp³-hybridized carbons (Fsp3) is 0.500. The first kappa shape index (κ1) is 22.4. The van der Waals surface area contributed by atoms with Gasteiger partial charge in [0.25, 0.3) is 5.69 Å². The Labute approximate surface area is 169 Å². The van der Waals surface area contributed by atoms with Gasteiger partial charge in [-0.25, -0.2) is 4.79 Å². The molecule has 1 aromatic carbocycles. The summed E-state index contributed by atoms with van der Waals surface area (Å²) in [5.41, 5.74) is -0.501. The van der Waals surface area contributed by atoms with Crippen LogP contribution in [0.1, 0.15) is 38.8 Å². The number of nitrogens with one attached hydrogen (secondary N) is 1. The molecule has 1 aliphatic heterocycles. The number of hydrogen-bond acceptors (Lipinski definition) is 8. The highest BCUT2D eigenvalue weighted by atomic mass is 16.6. The highest BCUT2D eigenvalue weighted by Crippen LogP contribution is 2.41. The van der Waals surface area contributed by atoms with E-state index < -0.39 is 22.7 Å². The summed E-state index contributed by atoms with van der Waals surface area (Å²) in [5.74, 6) is 2.56. The van der Waals surface area contributed by atoms with E-state index in [1.54, 1.807) is 19.8 Å². The summed E-state index contributed by atoms with van der Waals surface area (Å²) >= 11 is 0. The molecule has 0 unspecified atom stereocenters. The maximum Gasteiger partial charge on any atom is 0.270 e. The van der Waals surface area contributed by atoms with Crippen LogP contribution in [0.15, 0.2) is 36.3 Å². The third-order valence-electron chi connectivity index (χ3n) is 4.41. The molecular weight excluding hydrogens is 380 g/mol. The summed E-state index contributed by atoms with van der Waals surface area (Å²) in [5, 5.41) is 25.2. The van der Waals surface area contributed by atoms with Crippen LogP contribution in [0.2, 0.25) is 0 Å². The van der Waals surface area contributed by atoms with Crippen molar-refractivity contribution in [2.24, 2.45) is 0 Å². The quantitative estimate of drug-likeness (QED) is 0.200. The Morgan fingerprint density at radius 3 is 2.90 bits per heavy atom. The molecule has 1 aromatic rings. The van der Waals surface area contributed by atoms with E-state index in [2.05, 4.69) is 5.32 Å². The molecule has 0 bridgehead atoms. The lowest BCUT2D eigenvalue weighted by Crippen LogP contribution is -2.52. The van der Waals surface area contributed by atoms with E-state index in [1.165, 1.54) is 30.5 Å². The molecule has 2 N–H and O–H groups in total. The minimum Gasteiger partial charge on any atom is -0.493 e. The molecule has 0 spiro atoms. The largest absolute Gasteiger partial charge is 0.493 e. The van der Waals surface area contributed by atoms with Gasteiger partial charge < -0.3 is 24.6 Å². The van der Waals surface area contributed by atoms with Gasteiger partial charge in [-0.15, -0.1) is 0 Å². The van der Waals surface area contributed by atoms with Crippen LogP contribution in [0.4, 0.5) is 5.69 Å². The van der Waals surface area contributed by atoms with Gasteiger partial charge in [-0.05, 0) is 26.3 Å². The number of aliphatic hydroxyl groups is 1. The summed E-state index contributed by atoms with van der Waals surface area (Å²) in [6.07, 6.45) is 2.40. The van der Waals surface area contributed by atoms with Gasteiger partial charge >= 0.3 is 0 Å².